The lowest BCUT2D eigenvalue weighted by atomic mass is 9.74. The highest BCUT2D eigenvalue weighted by molar-refractivity contribution is 7.81. The lowest BCUT2D eigenvalue weighted by Gasteiger charge is -2.59. The number of pyridine rings is 2. The van der Waals surface area contributed by atoms with Crippen molar-refractivity contribution in [3.8, 4) is 17.0 Å². The Morgan fingerprint density at radius 1 is 1.14 bits per heavy atom. The molecule has 37 heavy (non-hydrogen) atoms. The number of aromatic nitrogens is 4. The van der Waals surface area contributed by atoms with E-state index >= 15 is 0 Å². The summed E-state index contributed by atoms with van der Waals surface area (Å²) in [5.74, 6) is 0.419. The molecule has 2 aliphatic rings. The molecule has 12 heteroatoms. The van der Waals surface area contributed by atoms with E-state index in [9.17, 15) is 8.60 Å². The average Bonchev–Trinajstić information content (AvgIpc) is 3.20. The fraction of sp³-hybridized carbons (Fsp3) is 0.320. The zero-order valence-corrected chi connectivity index (χ0v) is 22.4. The van der Waals surface area contributed by atoms with Crippen LogP contribution in [0.2, 0.25) is 10.0 Å². The molecule has 0 aliphatic carbocycles. The summed E-state index contributed by atoms with van der Waals surface area (Å²) in [4.78, 5) is 10.8. The van der Waals surface area contributed by atoms with Gasteiger partial charge >= 0.3 is 0 Å². The SMILES string of the molecule is C[C@@H](Oc1cc2c(-c3ccc(N4CC5(C4)CN(S(C)=O)C5)nc3)n[nH]c2cc1F)c1c(Cl)cncc1Cl. The van der Waals surface area contributed by atoms with Crippen LogP contribution < -0.4 is 9.64 Å². The van der Waals surface area contributed by atoms with Gasteiger partial charge in [0.25, 0.3) is 0 Å². The van der Waals surface area contributed by atoms with E-state index in [4.69, 9.17) is 27.9 Å². The molecule has 8 nitrogen and oxygen atoms in total. The van der Waals surface area contributed by atoms with Gasteiger partial charge in [-0.25, -0.2) is 17.9 Å². The van der Waals surface area contributed by atoms with Gasteiger partial charge in [-0.3, -0.25) is 10.1 Å². The van der Waals surface area contributed by atoms with Gasteiger partial charge < -0.3 is 9.64 Å². The van der Waals surface area contributed by atoms with E-state index < -0.39 is 22.9 Å². The Morgan fingerprint density at radius 3 is 2.51 bits per heavy atom. The van der Waals surface area contributed by atoms with Crippen molar-refractivity contribution in [2.24, 2.45) is 5.41 Å². The summed E-state index contributed by atoms with van der Waals surface area (Å²) in [6.07, 6.45) is 5.83. The van der Waals surface area contributed by atoms with Crippen LogP contribution in [0.5, 0.6) is 5.75 Å². The smallest absolute Gasteiger partial charge is 0.167 e. The summed E-state index contributed by atoms with van der Waals surface area (Å²) in [5, 5.41) is 8.70. The molecule has 4 aromatic rings. The summed E-state index contributed by atoms with van der Waals surface area (Å²) in [6.45, 7) is 5.29. The molecule has 1 N–H and O–H groups in total. The molecule has 6 rings (SSSR count). The second-order valence-electron chi connectivity index (χ2n) is 9.66. The minimum Gasteiger partial charge on any atom is -0.483 e. The highest BCUT2D eigenvalue weighted by Crippen LogP contribution is 2.42. The molecule has 1 aromatic carbocycles. The molecule has 2 fully saturated rings. The lowest BCUT2D eigenvalue weighted by Crippen LogP contribution is -2.72. The van der Waals surface area contributed by atoms with Crippen molar-refractivity contribution in [2.45, 2.75) is 13.0 Å². The van der Waals surface area contributed by atoms with Crippen molar-refractivity contribution in [3.05, 3.63) is 64.3 Å². The number of aromatic amines is 1. The summed E-state index contributed by atoms with van der Waals surface area (Å²) >= 11 is 12.5. The number of anilines is 1. The molecule has 1 unspecified atom stereocenters. The van der Waals surface area contributed by atoms with Crippen LogP contribution in [-0.2, 0) is 11.0 Å². The first-order valence-electron chi connectivity index (χ1n) is 11.7. The molecular weight excluding hydrogens is 538 g/mol. The monoisotopic (exact) mass is 560 g/mol. The van der Waals surface area contributed by atoms with Gasteiger partial charge in [-0.2, -0.15) is 5.10 Å². The number of rotatable bonds is 6. The molecule has 192 valence electrons. The maximum Gasteiger partial charge on any atom is 0.167 e. The van der Waals surface area contributed by atoms with E-state index in [0.717, 1.165) is 37.6 Å². The van der Waals surface area contributed by atoms with Crippen LogP contribution in [0.4, 0.5) is 10.2 Å². The van der Waals surface area contributed by atoms with Gasteiger partial charge in [-0.1, -0.05) is 23.2 Å². The molecule has 3 aromatic heterocycles. The molecule has 2 aliphatic heterocycles. The van der Waals surface area contributed by atoms with Gasteiger partial charge in [0.05, 0.1) is 26.5 Å². The molecule has 1 spiro atoms. The predicted molar refractivity (Wildman–Crippen MR) is 143 cm³/mol. The number of ether oxygens (including phenoxy) is 1. The molecule has 0 bridgehead atoms. The number of nitrogens with one attached hydrogen (secondary N) is 1. The Labute approximate surface area is 225 Å². The van der Waals surface area contributed by atoms with Crippen LogP contribution in [0.3, 0.4) is 0 Å². The number of benzene rings is 1. The van der Waals surface area contributed by atoms with Gasteiger partial charge in [0.15, 0.2) is 11.6 Å². The van der Waals surface area contributed by atoms with Crippen molar-refractivity contribution >= 4 is 50.9 Å². The largest absolute Gasteiger partial charge is 0.483 e. The maximum atomic E-state index is 14.9. The standard InChI is InChI=1S/C25H23Cl2FN6O2S/c1-14(23-17(26)8-29-9-18(23)27)36-21-5-16-20(6-19(21)28)31-32-24(16)15-3-4-22(30-7-15)33-10-25(11-33)12-34(13-25)37(2)35/h3-9,14H,10-13H2,1-2H3,(H,31,32)/t14-,37?/m1/s1. The Bertz CT molecular complexity index is 1500. The van der Waals surface area contributed by atoms with Crippen LogP contribution in [0.1, 0.15) is 18.6 Å². The van der Waals surface area contributed by atoms with Gasteiger partial charge in [0, 0.05) is 79.0 Å². The van der Waals surface area contributed by atoms with E-state index in [-0.39, 0.29) is 11.2 Å². The summed E-state index contributed by atoms with van der Waals surface area (Å²) < 4.78 is 34.4. The van der Waals surface area contributed by atoms with Gasteiger partial charge in [-0.05, 0) is 25.1 Å². The quantitative estimate of drug-likeness (QED) is 0.356. The molecule has 2 saturated heterocycles. The Morgan fingerprint density at radius 2 is 1.86 bits per heavy atom. The van der Waals surface area contributed by atoms with E-state index in [1.807, 2.05) is 16.4 Å². The second kappa shape index (κ2) is 9.20. The number of hydrogen-bond donors (Lipinski definition) is 1. The van der Waals surface area contributed by atoms with E-state index in [2.05, 4.69) is 25.1 Å². The highest BCUT2D eigenvalue weighted by atomic mass is 35.5. The fourth-order valence-corrected chi connectivity index (χ4v) is 6.69. The van der Waals surface area contributed by atoms with Crippen molar-refractivity contribution in [1.82, 2.24) is 24.5 Å². The van der Waals surface area contributed by atoms with Crippen LogP contribution in [0, 0.1) is 11.2 Å². The lowest BCUT2D eigenvalue weighted by molar-refractivity contribution is 0.0434. The van der Waals surface area contributed by atoms with Gasteiger partial charge in [-0.15, -0.1) is 0 Å². The highest BCUT2D eigenvalue weighted by Gasteiger charge is 2.53. The Hall–Kier alpha value is -2.79. The van der Waals surface area contributed by atoms with Crippen LogP contribution in [0.25, 0.3) is 22.2 Å². The maximum absolute atomic E-state index is 14.9. The van der Waals surface area contributed by atoms with Gasteiger partial charge in [0.2, 0.25) is 0 Å². The third-order valence-corrected chi connectivity index (χ3v) is 8.59. The third kappa shape index (κ3) is 4.35. The van der Waals surface area contributed by atoms with Crippen LogP contribution in [0.15, 0.2) is 42.9 Å². The number of fused-ring (bicyclic) bond motifs is 1. The van der Waals surface area contributed by atoms with Crippen LogP contribution >= 0.6 is 23.2 Å². The van der Waals surface area contributed by atoms with Crippen LogP contribution in [-0.4, -0.2) is 61.1 Å². The van der Waals surface area contributed by atoms with Crippen molar-refractivity contribution in [1.29, 1.82) is 0 Å². The predicted octanol–water partition coefficient (Wildman–Crippen LogP) is 5.02. The number of nitrogens with zero attached hydrogens (tertiary/aromatic N) is 5. The zero-order valence-electron chi connectivity index (χ0n) is 20.0. The molecule has 5 heterocycles. The first kappa shape index (κ1) is 24.5. The van der Waals surface area contributed by atoms with Crippen molar-refractivity contribution in [3.63, 3.8) is 0 Å². The van der Waals surface area contributed by atoms with E-state index in [1.165, 1.54) is 18.5 Å². The molecule has 0 radical (unpaired) electrons. The normalized spacial score (nSPS) is 18.5. The Balaban J connectivity index is 1.21. The minimum absolute atomic E-state index is 0.0598. The number of halogens is 3. The number of H-pyrrole nitrogens is 1. The fourth-order valence-electron chi connectivity index (χ4n) is 5.11. The molecule has 2 atom stereocenters. The molecular formula is C25H23Cl2FN6O2S. The molecule has 0 amide bonds. The zero-order chi connectivity index (χ0) is 25.9. The third-order valence-electron chi connectivity index (χ3n) is 7.00. The number of hydrogen-bond acceptors (Lipinski definition) is 6. The summed E-state index contributed by atoms with van der Waals surface area (Å²) in [6, 6.07) is 6.90. The summed E-state index contributed by atoms with van der Waals surface area (Å²) in [7, 11) is -0.902. The van der Waals surface area contributed by atoms with E-state index in [0.29, 0.717) is 32.2 Å². The minimum atomic E-state index is -0.902. The Kier molecular flexibility index (Phi) is 6.10. The first-order valence-corrected chi connectivity index (χ1v) is 13.9. The molecule has 0 saturated carbocycles. The second-order valence-corrected chi connectivity index (χ2v) is 11.8. The average molecular weight is 561 g/mol. The first-order chi connectivity index (χ1) is 17.7. The topological polar surface area (TPSA) is 87.2 Å². The van der Waals surface area contributed by atoms with E-state index in [1.54, 1.807) is 25.4 Å². The van der Waals surface area contributed by atoms with Crippen molar-refractivity contribution in [2.75, 3.05) is 37.3 Å². The van der Waals surface area contributed by atoms with Gasteiger partial charge in [0.1, 0.15) is 17.6 Å². The summed E-state index contributed by atoms with van der Waals surface area (Å²) in [5.41, 5.74) is 2.76. The van der Waals surface area contributed by atoms with Crippen molar-refractivity contribution < 1.29 is 13.3 Å².